The monoisotopic (exact) mass is 298 g/mol. The van der Waals surface area contributed by atoms with E-state index in [1.807, 2.05) is 11.7 Å². The van der Waals surface area contributed by atoms with Crippen molar-refractivity contribution >= 4 is 34.2 Å². The van der Waals surface area contributed by atoms with E-state index >= 15 is 0 Å². The lowest BCUT2D eigenvalue weighted by Crippen LogP contribution is -2.17. The van der Waals surface area contributed by atoms with Gasteiger partial charge >= 0.3 is 0 Å². The molecule has 1 aromatic heterocycles. The summed E-state index contributed by atoms with van der Waals surface area (Å²) in [6.07, 6.45) is 0. The number of hydrogen-bond donors (Lipinski definition) is 0. The Morgan fingerprint density at radius 3 is 2.08 bits per heavy atom. The summed E-state index contributed by atoms with van der Waals surface area (Å²) in [7, 11) is 1.93. The summed E-state index contributed by atoms with van der Waals surface area (Å²) < 4.78 is 2.91. The minimum atomic E-state index is 0.103. The summed E-state index contributed by atoms with van der Waals surface area (Å²) in [4.78, 5) is 0. The molecule has 0 saturated heterocycles. The summed E-state index contributed by atoms with van der Waals surface area (Å²) in [5.41, 5.74) is 1.29. The molecule has 12 heavy (non-hydrogen) atoms. The maximum Gasteiger partial charge on any atom is 0.164 e. The highest BCUT2D eigenvalue weighted by molar-refractivity contribution is 14.1. The molecule has 4 heteroatoms. The first-order chi connectivity index (χ1) is 5.34. The molecule has 0 aliphatic carbocycles. The van der Waals surface area contributed by atoms with Crippen molar-refractivity contribution in [2.45, 2.75) is 26.2 Å². The Morgan fingerprint density at radius 1 is 1.42 bits per heavy atom. The third-order valence-corrected chi connectivity index (χ3v) is 3.27. The molecule has 0 spiro atoms. The summed E-state index contributed by atoms with van der Waals surface area (Å²) >= 11 is 8.14. The summed E-state index contributed by atoms with van der Waals surface area (Å²) in [6.45, 7) is 6.47. The molecule has 0 radical (unpaired) electrons. The molecule has 2 nitrogen and oxygen atoms in total. The van der Waals surface area contributed by atoms with Crippen LogP contribution in [0.15, 0.2) is 0 Å². The van der Waals surface area contributed by atoms with Crippen molar-refractivity contribution in [3.05, 3.63) is 14.4 Å². The molecule has 0 aromatic carbocycles. The molecule has 0 saturated carbocycles. The molecular formula is C8H12ClIN2. The van der Waals surface area contributed by atoms with Crippen LogP contribution in [0.4, 0.5) is 0 Å². The molecule has 0 amide bonds. The fourth-order valence-electron chi connectivity index (χ4n) is 1.28. The van der Waals surface area contributed by atoms with Crippen molar-refractivity contribution in [1.29, 1.82) is 0 Å². The van der Waals surface area contributed by atoms with Crippen LogP contribution in [-0.4, -0.2) is 9.78 Å². The minimum Gasteiger partial charge on any atom is -0.270 e. The van der Waals surface area contributed by atoms with Gasteiger partial charge < -0.3 is 0 Å². The Hall–Kier alpha value is 0.230. The lowest BCUT2D eigenvalue weighted by Gasteiger charge is -2.19. The molecule has 0 bridgehead atoms. The number of hydrogen-bond acceptors (Lipinski definition) is 1. The van der Waals surface area contributed by atoms with Gasteiger partial charge in [0.1, 0.15) is 0 Å². The molecule has 0 atom stereocenters. The highest BCUT2D eigenvalue weighted by Gasteiger charge is 2.23. The van der Waals surface area contributed by atoms with Crippen LogP contribution in [0.2, 0.25) is 5.15 Å². The maximum absolute atomic E-state index is 5.90. The lowest BCUT2D eigenvalue weighted by molar-refractivity contribution is 0.520. The number of rotatable bonds is 0. The Bertz CT molecular complexity index is 299. The fourth-order valence-corrected chi connectivity index (χ4v) is 2.75. The average molecular weight is 299 g/mol. The van der Waals surface area contributed by atoms with Crippen LogP contribution in [0.25, 0.3) is 0 Å². The van der Waals surface area contributed by atoms with Crippen LogP contribution in [0, 0.1) is 3.57 Å². The summed E-state index contributed by atoms with van der Waals surface area (Å²) in [5.74, 6) is 0. The van der Waals surface area contributed by atoms with Gasteiger partial charge in [-0.25, -0.2) is 0 Å². The smallest absolute Gasteiger partial charge is 0.164 e. The van der Waals surface area contributed by atoms with Gasteiger partial charge in [-0.3, -0.25) is 4.68 Å². The number of aryl methyl sites for hydroxylation is 1. The van der Waals surface area contributed by atoms with E-state index < -0.39 is 0 Å². The Labute approximate surface area is 91.4 Å². The number of nitrogens with zero attached hydrogens (tertiary/aromatic N) is 2. The second-order valence-electron chi connectivity index (χ2n) is 3.83. The first-order valence-corrected chi connectivity index (χ1v) is 5.18. The molecule has 0 aliphatic heterocycles. The predicted molar refractivity (Wildman–Crippen MR) is 59.6 cm³/mol. The van der Waals surface area contributed by atoms with Crippen molar-refractivity contribution in [2.75, 3.05) is 0 Å². The van der Waals surface area contributed by atoms with Gasteiger partial charge in [0.25, 0.3) is 0 Å². The van der Waals surface area contributed by atoms with Crippen molar-refractivity contribution in [3.8, 4) is 0 Å². The van der Waals surface area contributed by atoms with Gasteiger partial charge in [-0.15, -0.1) is 0 Å². The molecule has 1 aromatic rings. The van der Waals surface area contributed by atoms with Gasteiger partial charge in [-0.1, -0.05) is 32.4 Å². The molecular weight excluding hydrogens is 286 g/mol. The summed E-state index contributed by atoms with van der Waals surface area (Å²) in [5, 5.41) is 4.75. The maximum atomic E-state index is 5.90. The van der Waals surface area contributed by atoms with Crippen molar-refractivity contribution < 1.29 is 0 Å². The Balaban J connectivity index is 3.32. The van der Waals surface area contributed by atoms with Crippen LogP contribution in [-0.2, 0) is 12.5 Å². The third-order valence-electron chi connectivity index (χ3n) is 1.66. The number of aromatic nitrogens is 2. The molecule has 0 unspecified atom stereocenters. The largest absolute Gasteiger partial charge is 0.270 e. The topological polar surface area (TPSA) is 17.8 Å². The van der Waals surface area contributed by atoms with Crippen LogP contribution in [0.5, 0.6) is 0 Å². The van der Waals surface area contributed by atoms with E-state index in [-0.39, 0.29) is 5.41 Å². The Kier molecular flexibility index (Phi) is 2.73. The van der Waals surface area contributed by atoms with E-state index in [1.165, 1.54) is 5.69 Å². The van der Waals surface area contributed by atoms with Gasteiger partial charge in [0.15, 0.2) is 5.15 Å². The van der Waals surface area contributed by atoms with Crippen LogP contribution < -0.4 is 0 Å². The van der Waals surface area contributed by atoms with Crippen molar-refractivity contribution in [1.82, 2.24) is 9.78 Å². The standard InChI is InChI=1S/C8H12ClIN2/c1-8(2,3)6-5(10)7(9)11-12(6)4/h1-4H3. The van der Waals surface area contributed by atoms with E-state index in [2.05, 4.69) is 48.5 Å². The van der Waals surface area contributed by atoms with Gasteiger partial charge in [0.2, 0.25) is 0 Å². The zero-order chi connectivity index (χ0) is 9.52. The van der Waals surface area contributed by atoms with E-state index in [0.717, 1.165) is 3.57 Å². The lowest BCUT2D eigenvalue weighted by atomic mass is 9.92. The quantitative estimate of drug-likeness (QED) is 0.673. The van der Waals surface area contributed by atoms with Crippen molar-refractivity contribution in [3.63, 3.8) is 0 Å². The van der Waals surface area contributed by atoms with Crippen LogP contribution in [0.3, 0.4) is 0 Å². The zero-order valence-corrected chi connectivity index (χ0v) is 10.6. The first kappa shape index (κ1) is 10.3. The minimum absolute atomic E-state index is 0.103. The normalized spacial score (nSPS) is 12.2. The highest BCUT2D eigenvalue weighted by Crippen LogP contribution is 2.30. The molecule has 0 aliphatic rings. The number of halogens is 2. The Morgan fingerprint density at radius 2 is 1.92 bits per heavy atom. The zero-order valence-electron chi connectivity index (χ0n) is 7.65. The van der Waals surface area contributed by atoms with E-state index in [0.29, 0.717) is 5.15 Å². The fraction of sp³-hybridized carbons (Fsp3) is 0.625. The average Bonchev–Trinajstić information content (AvgIpc) is 2.05. The molecule has 1 rings (SSSR count). The van der Waals surface area contributed by atoms with E-state index in [4.69, 9.17) is 11.6 Å². The van der Waals surface area contributed by atoms with Gasteiger partial charge in [-0.2, -0.15) is 5.10 Å². The van der Waals surface area contributed by atoms with E-state index in [9.17, 15) is 0 Å². The summed E-state index contributed by atoms with van der Waals surface area (Å²) in [6, 6.07) is 0. The van der Waals surface area contributed by atoms with Crippen molar-refractivity contribution in [2.24, 2.45) is 7.05 Å². The third kappa shape index (κ3) is 1.76. The van der Waals surface area contributed by atoms with Crippen LogP contribution in [0.1, 0.15) is 26.5 Å². The SMILES string of the molecule is Cn1nc(Cl)c(I)c1C(C)(C)C. The van der Waals surface area contributed by atoms with E-state index in [1.54, 1.807) is 0 Å². The van der Waals surface area contributed by atoms with Gasteiger partial charge in [-0.05, 0) is 22.6 Å². The first-order valence-electron chi connectivity index (χ1n) is 3.72. The molecule has 0 N–H and O–H groups in total. The molecule has 0 fully saturated rings. The van der Waals surface area contributed by atoms with Crippen LogP contribution >= 0.6 is 34.2 Å². The van der Waals surface area contributed by atoms with Gasteiger partial charge in [0.05, 0.1) is 9.26 Å². The molecule has 68 valence electrons. The van der Waals surface area contributed by atoms with Gasteiger partial charge in [0, 0.05) is 12.5 Å². The molecule has 1 heterocycles. The highest BCUT2D eigenvalue weighted by atomic mass is 127. The second kappa shape index (κ2) is 3.18. The predicted octanol–water partition coefficient (Wildman–Crippen LogP) is 2.98. The second-order valence-corrected chi connectivity index (χ2v) is 5.26.